The number of Topliss-reactive ketones (excluding diaryl/α,β-unsaturated/α-hetero) is 1. The average Bonchev–Trinajstić information content (AvgIpc) is 2.86. The fourth-order valence-corrected chi connectivity index (χ4v) is 6.74. The molecule has 4 aliphatic rings. The molecule has 4 rings (SSSR count). The Kier molecular flexibility index (Phi) is 4.09. The standard InChI is InChI=1S/C22H30O4/c1-12(23)20(26)22(3)9-7-17-15-5-4-13-10-14(24)11-18(25)19(13)16(15)6-8-21(17,22)2/h10,12,15,17-18,23,25H,4-9,11H2,1-3H3/t12-,15+,17-,18+,21-,22-/m0/s1. The van der Waals surface area contributed by atoms with Crippen LogP contribution in [0.5, 0.6) is 0 Å². The summed E-state index contributed by atoms with van der Waals surface area (Å²) >= 11 is 0. The molecule has 0 saturated heterocycles. The van der Waals surface area contributed by atoms with Gasteiger partial charge in [0, 0.05) is 11.8 Å². The number of fused-ring (bicyclic) bond motifs is 4. The largest absolute Gasteiger partial charge is 0.388 e. The van der Waals surface area contributed by atoms with Crippen molar-refractivity contribution >= 4 is 11.6 Å². The van der Waals surface area contributed by atoms with E-state index in [2.05, 4.69) is 13.8 Å². The van der Waals surface area contributed by atoms with E-state index in [1.807, 2.05) is 0 Å². The van der Waals surface area contributed by atoms with Gasteiger partial charge in [-0.1, -0.05) is 19.4 Å². The SMILES string of the molecule is C[C@H](O)C(=O)[C@]1(C)CC[C@H]2[C@@H]3CCC4=CC(=O)C[C@@H](O)C4=C3CC[C@@]21C. The van der Waals surface area contributed by atoms with Crippen LogP contribution in [0.1, 0.15) is 65.7 Å². The second kappa shape index (κ2) is 5.87. The van der Waals surface area contributed by atoms with Gasteiger partial charge in [0.25, 0.3) is 0 Å². The minimum atomic E-state index is -0.914. The lowest BCUT2D eigenvalue weighted by Gasteiger charge is -2.52. The summed E-state index contributed by atoms with van der Waals surface area (Å²) in [5, 5.41) is 20.5. The maximum absolute atomic E-state index is 12.9. The van der Waals surface area contributed by atoms with Crippen molar-refractivity contribution in [2.45, 2.75) is 77.9 Å². The quantitative estimate of drug-likeness (QED) is 0.795. The summed E-state index contributed by atoms with van der Waals surface area (Å²) in [4.78, 5) is 24.7. The predicted octanol–water partition coefficient (Wildman–Crippen LogP) is 3.12. The number of allylic oxidation sites excluding steroid dienone is 2. The van der Waals surface area contributed by atoms with Crippen LogP contribution in [-0.4, -0.2) is 34.0 Å². The summed E-state index contributed by atoms with van der Waals surface area (Å²) in [6.07, 6.45) is 5.86. The van der Waals surface area contributed by atoms with E-state index < -0.39 is 17.6 Å². The molecule has 0 unspecified atom stereocenters. The van der Waals surface area contributed by atoms with Crippen molar-refractivity contribution in [2.75, 3.05) is 0 Å². The summed E-state index contributed by atoms with van der Waals surface area (Å²) in [5.74, 6) is 0.829. The number of rotatable bonds is 2. The molecule has 0 amide bonds. The molecule has 0 radical (unpaired) electrons. The molecule has 26 heavy (non-hydrogen) atoms. The highest BCUT2D eigenvalue weighted by atomic mass is 16.3. The number of ketones is 2. The summed E-state index contributed by atoms with van der Waals surface area (Å²) in [6.45, 7) is 5.90. The van der Waals surface area contributed by atoms with Gasteiger partial charge in [0.05, 0.1) is 6.10 Å². The first-order valence-corrected chi connectivity index (χ1v) is 10.1. The van der Waals surface area contributed by atoms with Crippen molar-refractivity contribution in [3.8, 4) is 0 Å². The molecule has 0 heterocycles. The third-order valence-electron chi connectivity index (χ3n) is 8.28. The van der Waals surface area contributed by atoms with E-state index in [0.717, 1.165) is 49.7 Å². The molecular weight excluding hydrogens is 328 g/mol. The van der Waals surface area contributed by atoms with E-state index >= 15 is 0 Å². The van der Waals surface area contributed by atoms with Crippen molar-refractivity contribution in [2.24, 2.45) is 22.7 Å². The highest BCUT2D eigenvalue weighted by Crippen LogP contribution is 2.67. The molecular formula is C22H30O4. The maximum Gasteiger partial charge on any atom is 0.167 e. The van der Waals surface area contributed by atoms with Crippen molar-refractivity contribution in [1.82, 2.24) is 0 Å². The number of carbonyl (C=O) groups is 2. The second-order valence-electron chi connectivity index (χ2n) is 9.37. The number of hydrogen-bond acceptors (Lipinski definition) is 4. The first-order chi connectivity index (χ1) is 12.2. The number of carbonyl (C=O) groups excluding carboxylic acids is 2. The number of aliphatic hydroxyl groups excluding tert-OH is 2. The van der Waals surface area contributed by atoms with Gasteiger partial charge >= 0.3 is 0 Å². The Morgan fingerprint density at radius 2 is 1.96 bits per heavy atom. The van der Waals surface area contributed by atoms with Gasteiger partial charge in [-0.3, -0.25) is 9.59 Å². The third-order valence-corrected chi connectivity index (χ3v) is 8.28. The first kappa shape index (κ1) is 18.1. The minimum absolute atomic E-state index is 0.0155. The second-order valence-corrected chi connectivity index (χ2v) is 9.37. The molecule has 2 N–H and O–H groups in total. The summed E-state index contributed by atoms with van der Waals surface area (Å²) in [7, 11) is 0. The van der Waals surface area contributed by atoms with Crippen molar-refractivity contribution in [1.29, 1.82) is 0 Å². The molecule has 4 heteroatoms. The van der Waals surface area contributed by atoms with Crippen LogP contribution in [-0.2, 0) is 9.59 Å². The molecule has 4 nitrogen and oxygen atoms in total. The van der Waals surface area contributed by atoms with Crippen molar-refractivity contribution in [3.05, 3.63) is 22.8 Å². The topological polar surface area (TPSA) is 74.6 Å². The van der Waals surface area contributed by atoms with Gasteiger partial charge < -0.3 is 10.2 Å². The lowest BCUT2D eigenvalue weighted by molar-refractivity contribution is -0.144. The first-order valence-electron chi connectivity index (χ1n) is 10.1. The zero-order valence-electron chi connectivity index (χ0n) is 16.0. The molecule has 0 aromatic rings. The van der Waals surface area contributed by atoms with Crippen molar-refractivity contribution in [3.63, 3.8) is 0 Å². The van der Waals surface area contributed by atoms with E-state index in [4.69, 9.17) is 0 Å². The molecule has 142 valence electrons. The van der Waals surface area contributed by atoms with Crippen LogP contribution < -0.4 is 0 Å². The monoisotopic (exact) mass is 358 g/mol. The Balaban J connectivity index is 1.74. The fourth-order valence-electron chi connectivity index (χ4n) is 6.74. The Labute approximate surface area is 155 Å². The van der Waals surface area contributed by atoms with Crippen LogP contribution >= 0.6 is 0 Å². The minimum Gasteiger partial charge on any atom is -0.388 e. The molecule has 0 spiro atoms. The Morgan fingerprint density at radius 1 is 1.23 bits per heavy atom. The van der Waals surface area contributed by atoms with Crippen LogP contribution in [0.3, 0.4) is 0 Å². The smallest absolute Gasteiger partial charge is 0.167 e. The van der Waals surface area contributed by atoms with E-state index in [1.54, 1.807) is 13.0 Å². The predicted molar refractivity (Wildman–Crippen MR) is 98.3 cm³/mol. The van der Waals surface area contributed by atoms with Gasteiger partial charge in [-0.25, -0.2) is 0 Å². The molecule has 6 atom stereocenters. The summed E-state index contributed by atoms with van der Waals surface area (Å²) < 4.78 is 0. The maximum atomic E-state index is 12.9. The Hall–Kier alpha value is -1.26. The van der Waals surface area contributed by atoms with E-state index in [9.17, 15) is 19.8 Å². The molecule has 0 aliphatic heterocycles. The Morgan fingerprint density at radius 3 is 2.65 bits per heavy atom. The lowest BCUT2D eigenvalue weighted by Crippen LogP contribution is -2.50. The van der Waals surface area contributed by atoms with Gasteiger partial charge in [0.1, 0.15) is 6.10 Å². The molecule has 0 bridgehead atoms. The summed E-state index contributed by atoms with van der Waals surface area (Å²) in [6, 6.07) is 0. The lowest BCUT2D eigenvalue weighted by atomic mass is 9.51. The van der Waals surface area contributed by atoms with Gasteiger partial charge in [0.2, 0.25) is 0 Å². The molecule has 4 aliphatic carbocycles. The van der Waals surface area contributed by atoms with Crippen LogP contribution in [0.4, 0.5) is 0 Å². The zero-order valence-corrected chi connectivity index (χ0v) is 16.0. The highest BCUT2D eigenvalue weighted by molar-refractivity contribution is 5.94. The average molecular weight is 358 g/mol. The van der Waals surface area contributed by atoms with Crippen molar-refractivity contribution < 1.29 is 19.8 Å². The number of hydrogen-bond donors (Lipinski definition) is 2. The van der Waals surface area contributed by atoms with E-state index in [-0.39, 0.29) is 23.4 Å². The number of aliphatic hydroxyl groups is 2. The Bertz CT molecular complexity index is 730. The van der Waals surface area contributed by atoms with Crippen LogP contribution in [0.2, 0.25) is 0 Å². The van der Waals surface area contributed by atoms with Gasteiger partial charge in [-0.05, 0) is 79.9 Å². The van der Waals surface area contributed by atoms with E-state index in [1.165, 1.54) is 5.57 Å². The van der Waals surface area contributed by atoms with Crippen LogP contribution in [0, 0.1) is 22.7 Å². The molecule has 2 fully saturated rings. The summed E-state index contributed by atoms with van der Waals surface area (Å²) in [5.41, 5.74) is 2.85. The highest BCUT2D eigenvalue weighted by Gasteiger charge is 2.62. The third kappa shape index (κ3) is 2.27. The van der Waals surface area contributed by atoms with Gasteiger partial charge in [0.15, 0.2) is 11.6 Å². The molecule has 0 aromatic heterocycles. The van der Waals surface area contributed by atoms with Gasteiger partial charge in [-0.15, -0.1) is 0 Å². The fraction of sp³-hybridized carbons (Fsp3) is 0.727. The van der Waals surface area contributed by atoms with Crippen LogP contribution in [0.25, 0.3) is 0 Å². The van der Waals surface area contributed by atoms with Gasteiger partial charge in [-0.2, -0.15) is 0 Å². The molecule has 0 aromatic carbocycles. The normalized spacial score (nSPS) is 43.3. The van der Waals surface area contributed by atoms with E-state index in [0.29, 0.717) is 11.8 Å². The molecule has 2 saturated carbocycles. The zero-order chi connectivity index (χ0) is 18.9. The van der Waals surface area contributed by atoms with Crippen LogP contribution in [0.15, 0.2) is 22.8 Å².